The molecule has 0 spiro atoms. The van der Waals surface area contributed by atoms with Crippen LogP contribution in [-0.4, -0.2) is 26.1 Å². The van der Waals surface area contributed by atoms with E-state index in [4.69, 9.17) is 9.26 Å². The summed E-state index contributed by atoms with van der Waals surface area (Å²) in [6.45, 7) is 6.02. The number of carbonyl (C=O) groups is 1. The fourth-order valence-electron chi connectivity index (χ4n) is 3.10. The molecule has 1 heterocycles. The summed E-state index contributed by atoms with van der Waals surface area (Å²) >= 11 is 0. The number of hydrogen-bond donors (Lipinski definition) is 2. The highest BCUT2D eigenvalue weighted by atomic mass is 32.2. The molecule has 0 unspecified atom stereocenters. The summed E-state index contributed by atoms with van der Waals surface area (Å²) in [7, 11) is -3.83. The second kappa shape index (κ2) is 11.0. The van der Waals surface area contributed by atoms with E-state index in [1.165, 1.54) is 17.7 Å². The molecule has 0 atom stereocenters. The van der Waals surface area contributed by atoms with Crippen LogP contribution in [0.25, 0.3) is 0 Å². The Kier molecular flexibility index (Phi) is 8.11. The molecule has 2 aromatic carbocycles. The molecule has 0 aliphatic carbocycles. The molecule has 3 aromatic rings. The van der Waals surface area contributed by atoms with E-state index in [2.05, 4.69) is 34.3 Å². The van der Waals surface area contributed by atoms with Crippen LogP contribution in [-0.2, 0) is 21.2 Å². The molecule has 0 aliphatic heterocycles. The first-order valence-electron chi connectivity index (χ1n) is 10.9. The molecule has 8 nitrogen and oxygen atoms in total. The van der Waals surface area contributed by atoms with Gasteiger partial charge in [-0.25, -0.2) is 13.1 Å². The lowest BCUT2D eigenvalue weighted by molar-refractivity contribution is -0.116. The molecule has 33 heavy (non-hydrogen) atoms. The van der Waals surface area contributed by atoms with Crippen LogP contribution in [0.15, 0.2) is 57.9 Å². The third-order valence-corrected chi connectivity index (χ3v) is 6.46. The second-order valence-electron chi connectivity index (χ2n) is 7.75. The number of anilines is 2. The minimum atomic E-state index is -3.83. The lowest BCUT2D eigenvalue weighted by Gasteiger charge is -2.09. The SMILES string of the molecule is CCCc1ccc(OCCCC(=O)Nc2ccc(S(=O)(=O)Nc3onc(C)c3C)cc2)cc1. The smallest absolute Gasteiger partial charge is 0.264 e. The van der Waals surface area contributed by atoms with Crippen molar-refractivity contribution in [3.05, 3.63) is 65.4 Å². The largest absolute Gasteiger partial charge is 0.494 e. The number of hydrogen-bond acceptors (Lipinski definition) is 6. The predicted molar refractivity (Wildman–Crippen MR) is 127 cm³/mol. The summed E-state index contributed by atoms with van der Waals surface area (Å²) in [6.07, 6.45) is 3.01. The van der Waals surface area contributed by atoms with E-state index in [-0.39, 0.29) is 16.7 Å². The van der Waals surface area contributed by atoms with Crippen molar-refractivity contribution >= 4 is 27.5 Å². The summed E-state index contributed by atoms with van der Waals surface area (Å²) in [6, 6.07) is 13.9. The number of nitrogens with zero attached hydrogens (tertiary/aromatic N) is 1. The van der Waals surface area contributed by atoms with Crippen LogP contribution < -0.4 is 14.8 Å². The first-order valence-corrected chi connectivity index (χ1v) is 12.3. The Hall–Kier alpha value is -3.33. The van der Waals surface area contributed by atoms with E-state index in [1.807, 2.05) is 12.1 Å². The van der Waals surface area contributed by atoms with Gasteiger partial charge >= 0.3 is 0 Å². The van der Waals surface area contributed by atoms with Gasteiger partial charge in [0.25, 0.3) is 10.0 Å². The van der Waals surface area contributed by atoms with Crippen LogP contribution in [0.5, 0.6) is 5.75 Å². The first-order chi connectivity index (χ1) is 15.8. The monoisotopic (exact) mass is 471 g/mol. The van der Waals surface area contributed by atoms with E-state index < -0.39 is 10.0 Å². The Labute approximate surface area is 194 Å². The average Bonchev–Trinajstić information content (AvgIpc) is 3.10. The van der Waals surface area contributed by atoms with Gasteiger partial charge in [-0.15, -0.1) is 0 Å². The highest BCUT2D eigenvalue weighted by Gasteiger charge is 2.19. The topological polar surface area (TPSA) is 111 Å². The molecule has 176 valence electrons. The zero-order valence-electron chi connectivity index (χ0n) is 19.1. The van der Waals surface area contributed by atoms with Gasteiger partial charge in [-0.3, -0.25) is 4.79 Å². The molecule has 0 aliphatic rings. The quantitative estimate of drug-likeness (QED) is 0.387. The summed E-state index contributed by atoms with van der Waals surface area (Å²) in [5.74, 6) is 0.707. The molecule has 2 N–H and O–H groups in total. The number of aryl methyl sites for hydroxylation is 2. The minimum Gasteiger partial charge on any atom is -0.494 e. The maximum absolute atomic E-state index is 12.5. The van der Waals surface area contributed by atoms with E-state index >= 15 is 0 Å². The zero-order chi connectivity index (χ0) is 23.8. The molecular weight excluding hydrogens is 442 g/mol. The van der Waals surface area contributed by atoms with Gasteiger partial charge in [0.1, 0.15) is 5.75 Å². The zero-order valence-corrected chi connectivity index (χ0v) is 19.9. The van der Waals surface area contributed by atoms with Gasteiger partial charge in [0.2, 0.25) is 11.8 Å². The van der Waals surface area contributed by atoms with Crippen molar-refractivity contribution in [2.24, 2.45) is 0 Å². The summed E-state index contributed by atoms with van der Waals surface area (Å²) in [4.78, 5) is 12.2. The van der Waals surface area contributed by atoms with Gasteiger partial charge in [-0.1, -0.05) is 30.6 Å². The fourth-order valence-corrected chi connectivity index (χ4v) is 4.14. The van der Waals surface area contributed by atoms with E-state index in [0.29, 0.717) is 36.4 Å². The Morgan fingerprint density at radius 1 is 1.06 bits per heavy atom. The van der Waals surface area contributed by atoms with Crippen molar-refractivity contribution in [2.75, 3.05) is 16.6 Å². The van der Waals surface area contributed by atoms with Crippen LogP contribution in [0.1, 0.15) is 43.0 Å². The molecular formula is C24H29N3O5S. The van der Waals surface area contributed by atoms with E-state index in [0.717, 1.165) is 18.6 Å². The number of benzene rings is 2. The first kappa shape index (κ1) is 24.3. The van der Waals surface area contributed by atoms with Crippen LogP contribution in [0, 0.1) is 13.8 Å². The Morgan fingerprint density at radius 2 is 1.76 bits per heavy atom. The molecule has 1 aromatic heterocycles. The summed E-state index contributed by atoms with van der Waals surface area (Å²) in [5, 5.41) is 6.51. The number of sulfonamides is 1. The summed E-state index contributed by atoms with van der Waals surface area (Å²) in [5.41, 5.74) is 3.03. The second-order valence-corrected chi connectivity index (χ2v) is 9.43. The molecule has 9 heteroatoms. The Morgan fingerprint density at radius 3 is 2.36 bits per heavy atom. The van der Waals surface area contributed by atoms with Gasteiger partial charge < -0.3 is 14.6 Å². The van der Waals surface area contributed by atoms with Crippen LogP contribution in [0.2, 0.25) is 0 Å². The van der Waals surface area contributed by atoms with E-state index in [1.54, 1.807) is 26.0 Å². The van der Waals surface area contributed by atoms with Gasteiger partial charge in [0.15, 0.2) is 0 Å². The standard InChI is InChI=1S/C24H29N3O5S/c1-4-6-19-8-12-21(13-9-19)31-16-5-7-23(28)25-20-10-14-22(15-11-20)33(29,30)27-24-17(2)18(3)26-32-24/h8-15,27H,4-7,16H2,1-3H3,(H,25,28). The number of amides is 1. The predicted octanol–water partition coefficient (Wildman–Crippen LogP) is 4.84. The molecule has 0 bridgehead atoms. The molecule has 0 radical (unpaired) electrons. The van der Waals surface area contributed by atoms with Crippen molar-refractivity contribution in [3.63, 3.8) is 0 Å². The molecule has 3 rings (SSSR count). The third-order valence-electron chi connectivity index (χ3n) is 5.11. The maximum atomic E-state index is 12.5. The van der Waals surface area contributed by atoms with Gasteiger partial charge in [-0.05, 0) is 68.7 Å². The third kappa shape index (κ3) is 6.82. The average molecular weight is 472 g/mol. The minimum absolute atomic E-state index is 0.0484. The van der Waals surface area contributed by atoms with E-state index in [9.17, 15) is 13.2 Å². The van der Waals surface area contributed by atoms with Gasteiger partial charge in [0.05, 0.1) is 17.2 Å². The Bertz CT molecular complexity index is 1170. The van der Waals surface area contributed by atoms with Crippen molar-refractivity contribution in [2.45, 2.75) is 51.3 Å². The highest BCUT2D eigenvalue weighted by molar-refractivity contribution is 7.92. The molecule has 0 fully saturated rings. The summed E-state index contributed by atoms with van der Waals surface area (Å²) < 4.78 is 38.2. The number of nitrogens with one attached hydrogen (secondary N) is 2. The lowest BCUT2D eigenvalue weighted by atomic mass is 10.1. The van der Waals surface area contributed by atoms with Crippen LogP contribution in [0.4, 0.5) is 11.6 Å². The lowest BCUT2D eigenvalue weighted by Crippen LogP contribution is -2.14. The molecule has 0 saturated heterocycles. The van der Waals surface area contributed by atoms with Gasteiger partial charge in [0, 0.05) is 17.7 Å². The number of carbonyl (C=O) groups excluding carboxylic acids is 1. The van der Waals surface area contributed by atoms with Crippen LogP contribution >= 0.6 is 0 Å². The fraction of sp³-hybridized carbons (Fsp3) is 0.333. The highest BCUT2D eigenvalue weighted by Crippen LogP contribution is 2.22. The number of rotatable bonds is 11. The number of aromatic nitrogens is 1. The van der Waals surface area contributed by atoms with Crippen molar-refractivity contribution < 1.29 is 22.5 Å². The van der Waals surface area contributed by atoms with Crippen molar-refractivity contribution in [1.29, 1.82) is 0 Å². The normalized spacial score (nSPS) is 11.2. The number of ether oxygens (including phenoxy) is 1. The molecule has 1 amide bonds. The Balaban J connectivity index is 1.45. The molecule has 0 saturated carbocycles. The van der Waals surface area contributed by atoms with Crippen molar-refractivity contribution in [1.82, 2.24) is 5.16 Å². The van der Waals surface area contributed by atoms with Crippen molar-refractivity contribution in [3.8, 4) is 5.75 Å². The van der Waals surface area contributed by atoms with Crippen LogP contribution in [0.3, 0.4) is 0 Å². The van der Waals surface area contributed by atoms with Gasteiger partial charge in [-0.2, -0.15) is 0 Å². The maximum Gasteiger partial charge on any atom is 0.264 e.